The minimum Gasteiger partial charge on any atom is -0.481 e. The van der Waals surface area contributed by atoms with Crippen molar-refractivity contribution in [1.82, 2.24) is 10.3 Å². The highest BCUT2D eigenvalue weighted by molar-refractivity contribution is 5.92. The quantitative estimate of drug-likeness (QED) is 0.807. The van der Waals surface area contributed by atoms with Crippen LogP contribution in [0.4, 0.5) is 0 Å². The Morgan fingerprint density at radius 3 is 2.59 bits per heavy atom. The van der Waals surface area contributed by atoms with Crippen molar-refractivity contribution in [2.45, 2.75) is 26.3 Å². The Bertz CT molecular complexity index is 390. The third kappa shape index (κ3) is 4.22. The number of carboxylic acid groups (broad SMARTS) is 1. The molecule has 0 radical (unpaired) electrons. The number of hydrogen-bond acceptors (Lipinski definition) is 3. The zero-order valence-corrected chi connectivity index (χ0v) is 9.88. The Labute approximate surface area is 99.9 Å². The highest BCUT2D eigenvalue weighted by Crippen LogP contribution is 2.07. The number of carbonyl (C=O) groups excluding carboxylic acids is 1. The van der Waals surface area contributed by atoms with E-state index in [4.69, 9.17) is 5.11 Å². The first kappa shape index (κ1) is 13.2. The van der Waals surface area contributed by atoms with E-state index in [1.165, 1.54) is 6.20 Å². The minimum absolute atomic E-state index is 0.0544. The van der Waals surface area contributed by atoms with Crippen molar-refractivity contribution in [2.75, 3.05) is 0 Å². The molecule has 1 aromatic heterocycles. The highest BCUT2D eigenvalue weighted by Gasteiger charge is 2.20. The predicted octanol–water partition coefficient (Wildman–Crippen LogP) is 1.31. The number of aliphatic carboxylic acids is 1. The lowest BCUT2D eigenvalue weighted by atomic mass is 10.0. The Morgan fingerprint density at radius 1 is 1.41 bits per heavy atom. The first-order valence-corrected chi connectivity index (χ1v) is 5.44. The Morgan fingerprint density at radius 2 is 2.12 bits per heavy atom. The van der Waals surface area contributed by atoms with Gasteiger partial charge in [-0.3, -0.25) is 14.6 Å². The molecular weight excluding hydrogens is 220 g/mol. The zero-order chi connectivity index (χ0) is 12.8. The largest absolute Gasteiger partial charge is 0.481 e. The van der Waals surface area contributed by atoms with Crippen molar-refractivity contribution in [1.29, 1.82) is 0 Å². The fourth-order valence-corrected chi connectivity index (χ4v) is 1.38. The van der Waals surface area contributed by atoms with Crippen molar-refractivity contribution in [3.63, 3.8) is 0 Å². The van der Waals surface area contributed by atoms with Crippen LogP contribution in [-0.2, 0) is 4.79 Å². The Balaban J connectivity index is 2.68. The summed E-state index contributed by atoms with van der Waals surface area (Å²) < 4.78 is 0. The molecule has 0 bridgehead atoms. The average molecular weight is 236 g/mol. The summed E-state index contributed by atoms with van der Waals surface area (Å²) in [6.45, 7) is 3.73. The number of nitrogens with one attached hydrogen (secondary N) is 1. The third-order valence-corrected chi connectivity index (χ3v) is 2.41. The molecule has 1 unspecified atom stereocenters. The number of carboxylic acids is 1. The molecule has 0 saturated heterocycles. The van der Waals surface area contributed by atoms with E-state index in [9.17, 15) is 9.59 Å². The van der Waals surface area contributed by atoms with Gasteiger partial charge < -0.3 is 10.4 Å². The maximum atomic E-state index is 11.8. The molecular formula is C12H16N2O3. The molecule has 0 saturated carbocycles. The van der Waals surface area contributed by atoms with E-state index in [-0.39, 0.29) is 24.3 Å². The van der Waals surface area contributed by atoms with Gasteiger partial charge in [-0.05, 0) is 18.1 Å². The van der Waals surface area contributed by atoms with E-state index in [0.29, 0.717) is 5.69 Å². The second-order valence-electron chi connectivity index (χ2n) is 4.14. The highest BCUT2D eigenvalue weighted by atomic mass is 16.4. The van der Waals surface area contributed by atoms with Crippen LogP contribution in [0.15, 0.2) is 24.4 Å². The molecule has 1 atom stereocenters. The molecule has 0 aliphatic rings. The summed E-state index contributed by atoms with van der Waals surface area (Å²) in [7, 11) is 0. The van der Waals surface area contributed by atoms with Crippen LogP contribution >= 0.6 is 0 Å². The van der Waals surface area contributed by atoms with Crippen LogP contribution in [0.2, 0.25) is 0 Å². The summed E-state index contributed by atoms with van der Waals surface area (Å²) in [5.41, 5.74) is 0.295. The molecule has 1 heterocycles. The SMILES string of the molecule is CC(C)C(CC(=O)O)NC(=O)c1ccccn1. The maximum Gasteiger partial charge on any atom is 0.305 e. The van der Waals surface area contributed by atoms with E-state index in [1.807, 2.05) is 13.8 Å². The fraction of sp³-hybridized carbons (Fsp3) is 0.417. The van der Waals surface area contributed by atoms with Gasteiger partial charge >= 0.3 is 5.97 Å². The molecule has 17 heavy (non-hydrogen) atoms. The van der Waals surface area contributed by atoms with Gasteiger partial charge in [0.05, 0.1) is 6.42 Å². The van der Waals surface area contributed by atoms with Crippen molar-refractivity contribution in [3.8, 4) is 0 Å². The monoisotopic (exact) mass is 236 g/mol. The second kappa shape index (κ2) is 5.98. The van der Waals surface area contributed by atoms with Crippen molar-refractivity contribution in [3.05, 3.63) is 30.1 Å². The maximum absolute atomic E-state index is 11.8. The summed E-state index contributed by atoms with van der Waals surface area (Å²) in [6.07, 6.45) is 1.44. The smallest absolute Gasteiger partial charge is 0.305 e. The Kier molecular flexibility index (Phi) is 4.63. The second-order valence-corrected chi connectivity index (χ2v) is 4.14. The van der Waals surface area contributed by atoms with Gasteiger partial charge in [-0.15, -0.1) is 0 Å². The van der Waals surface area contributed by atoms with Crippen LogP contribution in [0.5, 0.6) is 0 Å². The van der Waals surface area contributed by atoms with Gasteiger partial charge in [0.2, 0.25) is 0 Å². The van der Waals surface area contributed by atoms with Crippen molar-refractivity contribution >= 4 is 11.9 Å². The summed E-state index contributed by atoms with van der Waals surface area (Å²) in [4.78, 5) is 26.4. The topological polar surface area (TPSA) is 79.3 Å². The molecule has 0 fully saturated rings. The molecule has 0 aliphatic heterocycles. The number of rotatable bonds is 5. The van der Waals surface area contributed by atoms with Crippen LogP contribution < -0.4 is 5.32 Å². The fourth-order valence-electron chi connectivity index (χ4n) is 1.38. The van der Waals surface area contributed by atoms with Gasteiger partial charge in [-0.25, -0.2) is 0 Å². The summed E-state index contributed by atoms with van der Waals surface area (Å²) in [6, 6.07) is 4.63. The number of aromatic nitrogens is 1. The van der Waals surface area contributed by atoms with Crippen LogP contribution in [0.25, 0.3) is 0 Å². The van der Waals surface area contributed by atoms with E-state index in [1.54, 1.807) is 18.2 Å². The van der Waals surface area contributed by atoms with Gasteiger partial charge in [0.25, 0.3) is 5.91 Å². The lowest BCUT2D eigenvalue weighted by Gasteiger charge is -2.20. The van der Waals surface area contributed by atoms with Crippen molar-refractivity contribution < 1.29 is 14.7 Å². The molecule has 1 amide bonds. The first-order valence-electron chi connectivity index (χ1n) is 5.44. The minimum atomic E-state index is -0.926. The summed E-state index contributed by atoms with van der Waals surface area (Å²) in [5, 5.41) is 11.4. The third-order valence-electron chi connectivity index (χ3n) is 2.41. The molecule has 5 nitrogen and oxygen atoms in total. The van der Waals surface area contributed by atoms with E-state index < -0.39 is 5.97 Å². The lowest BCUT2D eigenvalue weighted by molar-refractivity contribution is -0.137. The number of carbonyl (C=O) groups is 2. The molecule has 2 N–H and O–H groups in total. The molecule has 5 heteroatoms. The lowest BCUT2D eigenvalue weighted by Crippen LogP contribution is -2.40. The van der Waals surface area contributed by atoms with Crippen LogP contribution in [0.1, 0.15) is 30.8 Å². The van der Waals surface area contributed by atoms with Gasteiger partial charge in [0, 0.05) is 12.2 Å². The van der Waals surface area contributed by atoms with Crippen molar-refractivity contribution in [2.24, 2.45) is 5.92 Å². The van der Waals surface area contributed by atoms with E-state index in [0.717, 1.165) is 0 Å². The number of pyridine rings is 1. The van der Waals surface area contributed by atoms with Crippen LogP contribution in [0.3, 0.4) is 0 Å². The molecule has 1 rings (SSSR count). The zero-order valence-electron chi connectivity index (χ0n) is 9.88. The first-order chi connectivity index (χ1) is 8.00. The van der Waals surface area contributed by atoms with Gasteiger partial charge in [0.1, 0.15) is 5.69 Å². The van der Waals surface area contributed by atoms with Gasteiger partial charge in [0.15, 0.2) is 0 Å². The van der Waals surface area contributed by atoms with Gasteiger partial charge in [-0.2, -0.15) is 0 Å². The number of hydrogen-bond donors (Lipinski definition) is 2. The number of amides is 1. The standard InChI is InChI=1S/C12H16N2O3/c1-8(2)10(7-11(15)16)14-12(17)9-5-3-4-6-13-9/h3-6,8,10H,7H2,1-2H3,(H,14,17)(H,15,16). The predicted molar refractivity (Wildman–Crippen MR) is 62.6 cm³/mol. The van der Waals surface area contributed by atoms with E-state index >= 15 is 0 Å². The number of nitrogens with zero attached hydrogens (tertiary/aromatic N) is 1. The molecule has 0 spiro atoms. The van der Waals surface area contributed by atoms with E-state index in [2.05, 4.69) is 10.3 Å². The summed E-state index contributed by atoms with van der Waals surface area (Å²) in [5.74, 6) is -1.21. The average Bonchev–Trinajstić information content (AvgIpc) is 2.28. The molecule has 0 aliphatic carbocycles. The molecule has 92 valence electrons. The normalized spacial score (nSPS) is 12.2. The molecule has 0 aromatic carbocycles. The Hall–Kier alpha value is -1.91. The van der Waals surface area contributed by atoms with Crippen LogP contribution in [0, 0.1) is 5.92 Å². The summed E-state index contributed by atoms with van der Waals surface area (Å²) >= 11 is 0. The molecule has 1 aromatic rings. The van der Waals surface area contributed by atoms with Gasteiger partial charge in [-0.1, -0.05) is 19.9 Å². The van der Waals surface area contributed by atoms with Crippen LogP contribution in [-0.4, -0.2) is 28.0 Å².